The van der Waals surface area contributed by atoms with Crippen molar-refractivity contribution in [3.05, 3.63) is 59.7 Å². The van der Waals surface area contributed by atoms with E-state index in [-0.39, 0.29) is 5.54 Å². The summed E-state index contributed by atoms with van der Waals surface area (Å²) < 4.78 is 0. The molecule has 2 nitrogen and oxygen atoms in total. The van der Waals surface area contributed by atoms with Crippen LogP contribution in [0.4, 0.5) is 11.4 Å². The number of hydrogen-bond donors (Lipinski definition) is 0. The highest BCUT2D eigenvalue weighted by Gasteiger charge is 2.35. The minimum atomic E-state index is 0.223. The average Bonchev–Trinajstić information content (AvgIpc) is 2.54. The molecule has 0 aromatic heterocycles. The molecule has 0 N–H and O–H groups in total. The SMILES string of the molecule is CCN1c2ccc(C=Nc3ccccc3)cc2[C@@H](C)CC1(C)C. The standard InChI is InChI=1S/C21H26N2/c1-5-23-20-12-11-17(15-22-18-9-7-6-8-10-18)13-19(20)16(2)14-21(23,3)4/h6-13,15-16H,5,14H2,1-4H3/t16-/m0/s1. The van der Waals surface area contributed by atoms with Crippen LogP contribution < -0.4 is 4.90 Å². The van der Waals surface area contributed by atoms with E-state index < -0.39 is 0 Å². The number of aliphatic imine (C=N–C) groups is 1. The van der Waals surface area contributed by atoms with E-state index >= 15 is 0 Å². The fourth-order valence-corrected chi connectivity index (χ4v) is 3.85. The second-order valence-corrected chi connectivity index (χ2v) is 7.07. The fourth-order valence-electron chi connectivity index (χ4n) is 3.85. The summed E-state index contributed by atoms with van der Waals surface area (Å²) in [5, 5.41) is 0. The highest BCUT2D eigenvalue weighted by Crippen LogP contribution is 2.43. The number of para-hydroxylation sites is 1. The molecule has 0 spiro atoms. The fraction of sp³-hybridized carbons (Fsp3) is 0.381. The van der Waals surface area contributed by atoms with Crippen LogP contribution >= 0.6 is 0 Å². The molecule has 2 aromatic carbocycles. The monoisotopic (exact) mass is 306 g/mol. The van der Waals surface area contributed by atoms with Crippen LogP contribution in [0.1, 0.15) is 51.2 Å². The van der Waals surface area contributed by atoms with Crippen molar-refractivity contribution in [1.29, 1.82) is 0 Å². The van der Waals surface area contributed by atoms with Gasteiger partial charge >= 0.3 is 0 Å². The van der Waals surface area contributed by atoms with E-state index in [1.165, 1.54) is 23.2 Å². The maximum atomic E-state index is 4.58. The first-order valence-electron chi connectivity index (χ1n) is 8.52. The van der Waals surface area contributed by atoms with Gasteiger partial charge in [0.25, 0.3) is 0 Å². The first-order valence-corrected chi connectivity index (χ1v) is 8.52. The lowest BCUT2D eigenvalue weighted by Gasteiger charge is -2.47. The second kappa shape index (κ2) is 6.19. The van der Waals surface area contributed by atoms with Gasteiger partial charge in [-0.1, -0.05) is 31.2 Å². The van der Waals surface area contributed by atoms with E-state index in [4.69, 9.17) is 0 Å². The molecule has 1 aliphatic heterocycles. The Morgan fingerprint density at radius 1 is 1.17 bits per heavy atom. The minimum absolute atomic E-state index is 0.223. The first-order chi connectivity index (χ1) is 11.0. The zero-order chi connectivity index (χ0) is 16.4. The van der Waals surface area contributed by atoms with Crippen LogP contribution in [0, 0.1) is 0 Å². The van der Waals surface area contributed by atoms with Crippen LogP contribution in [-0.2, 0) is 0 Å². The number of anilines is 1. The predicted octanol–water partition coefficient (Wildman–Crippen LogP) is 5.55. The number of hydrogen-bond acceptors (Lipinski definition) is 2. The minimum Gasteiger partial charge on any atom is -0.366 e. The number of benzene rings is 2. The molecule has 0 saturated heterocycles. The Kier molecular flexibility index (Phi) is 4.25. The summed E-state index contributed by atoms with van der Waals surface area (Å²) in [6.45, 7) is 10.3. The predicted molar refractivity (Wildman–Crippen MR) is 100 cm³/mol. The molecule has 2 aromatic rings. The van der Waals surface area contributed by atoms with Crippen LogP contribution in [0.3, 0.4) is 0 Å². The Morgan fingerprint density at radius 2 is 1.91 bits per heavy atom. The van der Waals surface area contributed by atoms with Crippen molar-refractivity contribution in [1.82, 2.24) is 0 Å². The van der Waals surface area contributed by atoms with Gasteiger partial charge in [-0.2, -0.15) is 0 Å². The number of fused-ring (bicyclic) bond motifs is 1. The quantitative estimate of drug-likeness (QED) is 0.679. The van der Waals surface area contributed by atoms with E-state index in [0.29, 0.717) is 5.92 Å². The van der Waals surface area contributed by atoms with Gasteiger partial charge in [0.15, 0.2) is 0 Å². The summed E-state index contributed by atoms with van der Waals surface area (Å²) in [5.41, 5.74) is 5.22. The van der Waals surface area contributed by atoms with Gasteiger partial charge in [0.1, 0.15) is 0 Å². The molecule has 0 bridgehead atoms. The largest absolute Gasteiger partial charge is 0.366 e. The molecule has 0 amide bonds. The lowest BCUT2D eigenvalue weighted by atomic mass is 9.79. The zero-order valence-corrected chi connectivity index (χ0v) is 14.6. The van der Waals surface area contributed by atoms with Crippen LogP contribution in [0.2, 0.25) is 0 Å². The lowest BCUT2D eigenvalue weighted by molar-refractivity contribution is 0.381. The normalized spacial score (nSPS) is 19.8. The molecular weight excluding hydrogens is 280 g/mol. The van der Waals surface area contributed by atoms with Gasteiger partial charge < -0.3 is 4.90 Å². The molecule has 0 aliphatic carbocycles. The van der Waals surface area contributed by atoms with Crippen molar-refractivity contribution < 1.29 is 0 Å². The number of nitrogens with zero attached hydrogens (tertiary/aromatic N) is 2. The Morgan fingerprint density at radius 3 is 2.61 bits per heavy atom. The van der Waals surface area contributed by atoms with Gasteiger partial charge in [0.2, 0.25) is 0 Å². The van der Waals surface area contributed by atoms with Gasteiger partial charge in [-0.3, -0.25) is 4.99 Å². The van der Waals surface area contributed by atoms with Crippen molar-refractivity contribution in [2.24, 2.45) is 4.99 Å². The Hall–Kier alpha value is -2.09. The topological polar surface area (TPSA) is 15.6 Å². The molecule has 0 fully saturated rings. The third-order valence-corrected chi connectivity index (χ3v) is 4.84. The summed E-state index contributed by atoms with van der Waals surface area (Å²) in [7, 11) is 0. The van der Waals surface area contributed by atoms with Crippen LogP contribution in [0.15, 0.2) is 53.5 Å². The van der Waals surface area contributed by atoms with Gasteiger partial charge in [0, 0.05) is 24.0 Å². The van der Waals surface area contributed by atoms with E-state index in [1.54, 1.807) is 0 Å². The summed E-state index contributed by atoms with van der Waals surface area (Å²) in [4.78, 5) is 7.11. The molecule has 3 rings (SSSR count). The second-order valence-electron chi connectivity index (χ2n) is 7.07. The maximum Gasteiger partial charge on any atom is 0.0629 e. The van der Waals surface area contributed by atoms with Crippen molar-refractivity contribution in [3.8, 4) is 0 Å². The van der Waals surface area contributed by atoms with E-state index in [9.17, 15) is 0 Å². The van der Waals surface area contributed by atoms with E-state index in [2.05, 4.69) is 55.8 Å². The molecule has 0 saturated carbocycles. The summed E-state index contributed by atoms with van der Waals surface area (Å²) >= 11 is 0. The van der Waals surface area contributed by atoms with Crippen LogP contribution in [0.5, 0.6) is 0 Å². The van der Waals surface area contributed by atoms with Crippen LogP contribution in [-0.4, -0.2) is 18.3 Å². The van der Waals surface area contributed by atoms with Crippen molar-refractivity contribution in [2.75, 3.05) is 11.4 Å². The molecule has 120 valence electrons. The molecule has 1 heterocycles. The highest BCUT2D eigenvalue weighted by atomic mass is 15.2. The molecule has 2 heteroatoms. The van der Waals surface area contributed by atoms with Crippen molar-refractivity contribution in [3.63, 3.8) is 0 Å². The summed E-state index contributed by atoms with van der Waals surface area (Å²) in [5.74, 6) is 0.577. The van der Waals surface area contributed by atoms with Gasteiger partial charge in [-0.05, 0) is 68.5 Å². The van der Waals surface area contributed by atoms with E-state index in [0.717, 1.165) is 12.2 Å². The van der Waals surface area contributed by atoms with Crippen LogP contribution in [0.25, 0.3) is 0 Å². The maximum absolute atomic E-state index is 4.58. The van der Waals surface area contributed by atoms with E-state index in [1.807, 2.05) is 36.5 Å². The third kappa shape index (κ3) is 3.17. The summed E-state index contributed by atoms with van der Waals surface area (Å²) in [6.07, 6.45) is 3.16. The smallest absolute Gasteiger partial charge is 0.0629 e. The molecule has 0 unspecified atom stereocenters. The van der Waals surface area contributed by atoms with Crippen molar-refractivity contribution >= 4 is 17.6 Å². The zero-order valence-electron chi connectivity index (χ0n) is 14.6. The molecule has 23 heavy (non-hydrogen) atoms. The molecule has 1 aliphatic rings. The highest BCUT2D eigenvalue weighted by molar-refractivity contribution is 5.83. The third-order valence-electron chi connectivity index (χ3n) is 4.84. The van der Waals surface area contributed by atoms with Gasteiger partial charge in [0.05, 0.1) is 5.69 Å². The Balaban J connectivity index is 1.93. The molecule has 0 radical (unpaired) electrons. The lowest BCUT2D eigenvalue weighted by Crippen LogP contribution is -2.48. The van der Waals surface area contributed by atoms with Gasteiger partial charge in [-0.25, -0.2) is 0 Å². The summed E-state index contributed by atoms with van der Waals surface area (Å²) in [6, 6.07) is 16.9. The Labute approximate surface area is 139 Å². The molecule has 1 atom stereocenters. The average molecular weight is 306 g/mol. The molecular formula is C21H26N2. The Bertz CT molecular complexity index is 701. The van der Waals surface area contributed by atoms with Crippen molar-refractivity contribution in [2.45, 2.75) is 45.6 Å². The first kappa shape index (κ1) is 15.8. The number of rotatable bonds is 3. The van der Waals surface area contributed by atoms with Gasteiger partial charge in [-0.15, -0.1) is 0 Å².